The van der Waals surface area contributed by atoms with Gasteiger partial charge in [-0.15, -0.1) is 21.5 Å². The van der Waals surface area contributed by atoms with Crippen molar-refractivity contribution in [1.82, 2.24) is 15.1 Å². The molecular weight excluding hydrogens is 330 g/mol. The lowest BCUT2D eigenvalue weighted by atomic mass is 9.98. The Balaban J connectivity index is 1.45. The molecule has 1 aliphatic heterocycles. The monoisotopic (exact) mass is 355 g/mol. The fourth-order valence-corrected chi connectivity index (χ4v) is 5.13. The van der Waals surface area contributed by atoms with E-state index in [0.29, 0.717) is 11.8 Å². The second-order valence-corrected chi connectivity index (χ2v) is 8.46. The molecule has 2 heterocycles. The Hall–Kier alpha value is -1.75. The van der Waals surface area contributed by atoms with Gasteiger partial charge < -0.3 is 4.90 Å². The van der Waals surface area contributed by atoms with E-state index in [9.17, 15) is 4.79 Å². The van der Waals surface area contributed by atoms with Crippen molar-refractivity contribution < 1.29 is 4.79 Å². The third-order valence-electron chi connectivity index (χ3n) is 5.52. The van der Waals surface area contributed by atoms with Crippen molar-refractivity contribution in [3.63, 3.8) is 0 Å². The van der Waals surface area contributed by atoms with Crippen LogP contribution in [-0.4, -0.2) is 34.1 Å². The lowest BCUT2D eigenvalue weighted by Gasteiger charge is -2.31. The molecule has 0 N–H and O–H groups in total. The molecule has 4 rings (SSSR count). The first-order chi connectivity index (χ1) is 12.2. The first-order valence-corrected chi connectivity index (χ1v) is 10.2. The summed E-state index contributed by atoms with van der Waals surface area (Å²) in [6.07, 6.45) is 7.32. The first-order valence-electron chi connectivity index (χ1n) is 9.40. The van der Waals surface area contributed by atoms with Crippen LogP contribution in [0.1, 0.15) is 76.3 Å². The van der Waals surface area contributed by atoms with Crippen molar-refractivity contribution in [3.05, 3.63) is 45.4 Å². The number of likely N-dealkylation sites (tertiary alicyclic amines) is 1. The summed E-state index contributed by atoms with van der Waals surface area (Å²) in [4.78, 5) is 14.8. The summed E-state index contributed by atoms with van der Waals surface area (Å²) in [5, 5.41) is 11.3. The molecule has 1 atom stereocenters. The summed E-state index contributed by atoms with van der Waals surface area (Å²) in [6, 6.07) is 7.88. The Labute approximate surface area is 153 Å². The van der Waals surface area contributed by atoms with Crippen molar-refractivity contribution in [2.45, 2.75) is 57.3 Å². The molecule has 1 aromatic heterocycles. The van der Waals surface area contributed by atoms with E-state index >= 15 is 0 Å². The average Bonchev–Trinajstić information content (AvgIpc) is 3.33. The van der Waals surface area contributed by atoms with Crippen LogP contribution < -0.4 is 0 Å². The van der Waals surface area contributed by atoms with Gasteiger partial charge >= 0.3 is 0 Å². The highest BCUT2D eigenvalue weighted by Gasteiger charge is 2.29. The zero-order chi connectivity index (χ0) is 17.2. The van der Waals surface area contributed by atoms with Crippen molar-refractivity contribution in [2.75, 3.05) is 13.1 Å². The van der Waals surface area contributed by atoms with Crippen LogP contribution in [0.25, 0.3) is 0 Å². The SMILES string of the molecule is Cc1ccc(C(=O)N2CCCC(c3nnc(C4CCCC4)s3)C2)cc1. The first kappa shape index (κ1) is 16.7. The summed E-state index contributed by atoms with van der Waals surface area (Å²) in [7, 11) is 0. The highest BCUT2D eigenvalue weighted by atomic mass is 32.1. The summed E-state index contributed by atoms with van der Waals surface area (Å²) in [5.41, 5.74) is 1.97. The average molecular weight is 356 g/mol. The predicted octanol–water partition coefficient (Wildman–Crippen LogP) is 4.52. The van der Waals surface area contributed by atoms with Crippen molar-refractivity contribution in [2.24, 2.45) is 0 Å². The van der Waals surface area contributed by atoms with Crippen LogP contribution >= 0.6 is 11.3 Å². The Kier molecular flexibility index (Phi) is 4.84. The van der Waals surface area contributed by atoms with Crippen LogP contribution in [0, 0.1) is 6.92 Å². The fraction of sp³-hybridized carbons (Fsp3) is 0.550. The van der Waals surface area contributed by atoms with Crippen LogP contribution in [-0.2, 0) is 0 Å². The van der Waals surface area contributed by atoms with Gasteiger partial charge in [0, 0.05) is 30.5 Å². The minimum absolute atomic E-state index is 0.144. The predicted molar refractivity (Wildman–Crippen MR) is 100 cm³/mol. The van der Waals surface area contributed by atoms with Crippen LogP contribution in [0.15, 0.2) is 24.3 Å². The third kappa shape index (κ3) is 3.61. The van der Waals surface area contributed by atoms with Crippen LogP contribution in [0.2, 0.25) is 0 Å². The topological polar surface area (TPSA) is 46.1 Å². The highest BCUT2D eigenvalue weighted by Crippen LogP contribution is 2.38. The summed E-state index contributed by atoms with van der Waals surface area (Å²) >= 11 is 1.79. The number of aryl methyl sites for hydroxylation is 1. The van der Waals surface area contributed by atoms with E-state index in [1.54, 1.807) is 11.3 Å². The third-order valence-corrected chi connectivity index (χ3v) is 6.77. The fourth-order valence-electron chi connectivity index (χ4n) is 3.99. The standard InChI is InChI=1S/C20H25N3OS/c1-14-8-10-16(11-9-14)20(24)23-12-4-7-17(13-23)19-22-21-18(25-19)15-5-2-3-6-15/h8-11,15,17H,2-7,12-13H2,1H3. The molecule has 1 amide bonds. The lowest BCUT2D eigenvalue weighted by Crippen LogP contribution is -2.39. The zero-order valence-corrected chi connectivity index (χ0v) is 15.6. The van der Waals surface area contributed by atoms with Gasteiger partial charge in [-0.25, -0.2) is 0 Å². The molecule has 25 heavy (non-hydrogen) atoms. The van der Waals surface area contributed by atoms with E-state index < -0.39 is 0 Å². The van der Waals surface area contributed by atoms with E-state index in [1.165, 1.54) is 36.3 Å². The second-order valence-electron chi connectivity index (χ2n) is 7.42. The normalized spacial score (nSPS) is 21.6. The van der Waals surface area contributed by atoms with Gasteiger partial charge in [0.25, 0.3) is 5.91 Å². The largest absolute Gasteiger partial charge is 0.338 e. The van der Waals surface area contributed by atoms with Gasteiger partial charge in [0.15, 0.2) is 0 Å². The van der Waals surface area contributed by atoms with Gasteiger partial charge in [-0.2, -0.15) is 0 Å². The maximum atomic E-state index is 12.8. The molecule has 1 aliphatic carbocycles. The smallest absolute Gasteiger partial charge is 0.253 e. The number of hydrogen-bond donors (Lipinski definition) is 0. The molecule has 2 fully saturated rings. The Morgan fingerprint density at radius 3 is 2.36 bits per heavy atom. The minimum atomic E-state index is 0.144. The summed E-state index contributed by atoms with van der Waals surface area (Å²) in [6.45, 7) is 3.66. The molecule has 4 nitrogen and oxygen atoms in total. The molecule has 0 spiro atoms. The molecule has 5 heteroatoms. The molecule has 0 radical (unpaired) electrons. The number of carbonyl (C=O) groups excluding carboxylic acids is 1. The molecule has 132 valence electrons. The molecule has 1 saturated carbocycles. The van der Waals surface area contributed by atoms with Crippen LogP contribution in [0.4, 0.5) is 0 Å². The van der Waals surface area contributed by atoms with Crippen LogP contribution in [0.5, 0.6) is 0 Å². The van der Waals surface area contributed by atoms with Gasteiger partial charge in [-0.3, -0.25) is 4.79 Å². The Bertz CT molecular complexity index is 734. The van der Waals surface area contributed by atoms with Crippen molar-refractivity contribution in [1.29, 1.82) is 0 Å². The lowest BCUT2D eigenvalue weighted by molar-refractivity contribution is 0.0707. The summed E-state index contributed by atoms with van der Waals surface area (Å²) < 4.78 is 0. The molecule has 2 aliphatic rings. The van der Waals surface area contributed by atoms with Crippen LogP contribution in [0.3, 0.4) is 0 Å². The number of aromatic nitrogens is 2. The van der Waals surface area contributed by atoms with Gasteiger partial charge in [0.2, 0.25) is 0 Å². The van der Waals surface area contributed by atoms with E-state index in [2.05, 4.69) is 10.2 Å². The van der Waals surface area contributed by atoms with E-state index in [1.807, 2.05) is 36.1 Å². The van der Waals surface area contributed by atoms with Gasteiger partial charge in [-0.05, 0) is 44.7 Å². The maximum absolute atomic E-state index is 12.8. The molecule has 0 bridgehead atoms. The Morgan fingerprint density at radius 2 is 1.64 bits per heavy atom. The summed E-state index contributed by atoms with van der Waals surface area (Å²) in [5.74, 6) is 1.11. The number of amides is 1. The van der Waals surface area contributed by atoms with Gasteiger partial charge in [0.05, 0.1) is 0 Å². The Morgan fingerprint density at radius 1 is 1.00 bits per heavy atom. The highest BCUT2D eigenvalue weighted by molar-refractivity contribution is 7.11. The van der Waals surface area contributed by atoms with Gasteiger partial charge in [0.1, 0.15) is 10.0 Å². The number of rotatable bonds is 3. The number of nitrogens with zero attached hydrogens (tertiary/aromatic N) is 3. The number of benzene rings is 1. The number of hydrogen-bond acceptors (Lipinski definition) is 4. The van der Waals surface area contributed by atoms with Gasteiger partial charge in [-0.1, -0.05) is 30.5 Å². The van der Waals surface area contributed by atoms with E-state index in [0.717, 1.165) is 36.5 Å². The molecule has 1 saturated heterocycles. The maximum Gasteiger partial charge on any atom is 0.253 e. The molecule has 1 unspecified atom stereocenters. The second kappa shape index (κ2) is 7.24. The van der Waals surface area contributed by atoms with Crippen molar-refractivity contribution >= 4 is 17.2 Å². The van der Waals surface area contributed by atoms with E-state index in [4.69, 9.17) is 0 Å². The molecule has 2 aromatic rings. The minimum Gasteiger partial charge on any atom is -0.338 e. The number of piperidine rings is 1. The zero-order valence-electron chi connectivity index (χ0n) is 14.8. The van der Waals surface area contributed by atoms with E-state index in [-0.39, 0.29) is 5.91 Å². The quantitative estimate of drug-likeness (QED) is 0.813. The number of carbonyl (C=O) groups is 1. The van der Waals surface area contributed by atoms with Crippen molar-refractivity contribution in [3.8, 4) is 0 Å². The molecular formula is C20H25N3OS. The molecule has 1 aromatic carbocycles.